The van der Waals surface area contributed by atoms with Crippen molar-refractivity contribution in [2.45, 2.75) is 20.8 Å². The lowest BCUT2D eigenvalue weighted by atomic mass is 10.1. The molecule has 1 aromatic heterocycles. The number of fused-ring (bicyclic) bond motifs is 1. The SMILES string of the molecule is CC(=O)Nc1nc2cc(C)c(C)cc2n(C)c1=O. The fraction of sp³-hybridized carbons (Fsp3) is 0.308. The van der Waals surface area contributed by atoms with E-state index in [0.717, 1.165) is 16.6 Å². The zero-order valence-electron chi connectivity index (χ0n) is 10.9. The molecule has 94 valence electrons. The van der Waals surface area contributed by atoms with Crippen molar-refractivity contribution in [1.82, 2.24) is 9.55 Å². The van der Waals surface area contributed by atoms with E-state index >= 15 is 0 Å². The maximum absolute atomic E-state index is 12.0. The van der Waals surface area contributed by atoms with E-state index < -0.39 is 0 Å². The smallest absolute Gasteiger partial charge is 0.293 e. The van der Waals surface area contributed by atoms with Crippen LogP contribution in [0.15, 0.2) is 16.9 Å². The molecule has 0 saturated carbocycles. The molecule has 0 saturated heterocycles. The number of anilines is 1. The van der Waals surface area contributed by atoms with Crippen LogP contribution in [-0.2, 0) is 11.8 Å². The lowest BCUT2D eigenvalue weighted by Gasteiger charge is -2.10. The van der Waals surface area contributed by atoms with Gasteiger partial charge in [-0.1, -0.05) is 0 Å². The molecule has 0 aliphatic carbocycles. The standard InChI is InChI=1S/C13H15N3O2/c1-7-5-10-11(6-8(7)2)16(4)13(18)12(15-10)14-9(3)17/h5-6H,1-4H3,(H,14,15,17). The van der Waals surface area contributed by atoms with E-state index in [1.165, 1.54) is 11.5 Å². The molecule has 1 N–H and O–H groups in total. The summed E-state index contributed by atoms with van der Waals surface area (Å²) < 4.78 is 1.50. The molecule has 0 atom stereocenters. The summed E-state index contributed by atoms with van der Waals surface area (Å²) in [6.07, 6.45) is 0. The zero-order chi connectivity index (χ0) is 13.4. The number of nitrogens with one attached hydrogen (secondary N) is 1. The Morgan fingerprint density at radius 2 is 1.89 bits per heavy atom. The molecule has 2 aromatic rings. The Morgan fingerprint density at radius 3 is 2.50 bits per heavy atom. The molecule has 0 unspecified atom stereocenters. The largest absolute Gasteiger partial charge is 0.307 e. The fourth-order valence-electron chi connectivity index (χ4n) is 1.83. The van der Waals surface area contributed by atoms with E-state index in [2.05, 4.69) is 10.3 Å². The van der Waals surface area contributed by atoms with Crippen molar-refractivity contribution in [3.8, 4) is 0 Å². The zero-order valence-corrected chi connectivity index (χ0v) is 10.9. The number of benzene rings is 1. The lowest BCUT2D eigenvalue weighted by Crippen LogP contribution is -2.25. The normalized spacial score (nSPS) is 10.7. The van der Waals surface area contributed by atoms with E-state index in [1.807, 2.05) is 26.0 Å². The highest BCUT2D eigenvalue weighted by atomic mass is 16.2. The first-order valence-electron chi connectivity index (χ1n) is 5.65. The maximum Gasteiger partial charge on any atom is 0.293 e. The second-order valence-corrected chi connectivity index (χ2v) is 4.43. The number of hydrogen-bond donors (Lipinski definition) is 1. The highest BCUT2D eigenvalue weighted by molar-refractivity contribution is 5.89. The molecular formula is C13H15N3O2. The summed E-state index contributed by atoms with van der Waals surface area (Å²) in [4.78, 5) is 27.2. The van der Waals surface area contributed by atoms with E-state index in [1.54, 1.807) is 7.05 Å². The van der Waals surface area contributed by atoms with Crippen molar-refractivity contribution in [2.24, 2.45) is 7.05 Å². The minimum absolute atomic E-state index is 0.0701. The average Bonchev–Trinajstić information content (AvgIpc) is 2.28. The highest BCUT2D eigenvalue weighted by Gasteiger charge is 2.10. The first-order valence-corrected chi connectivity index (χ1v) is 5.65. The Balaban J connectivity index is 2.79. The Kier molecular flexibility index (Phi) is 2.90. The molecule has 0 aliphatic heterocycles. The molecule has 18 heavy (non-hydrogen) atoms. The van der Waals surface area contributed by atoms with Crippen molar-refractivity contribution in [3.05, 3.63) is 33.6 Å². The molecule has 5 nitrogen and oxygen atoms in total. The first-order chi connectivity index (χ1) is 8.40. The molecule has 1 heterocycles. The fourth-order valence-corrected chi connectivity index (χ4v) is 1.83. The van der Waals surface area contributed by atoms with Gasteiger partial charge in [0.1, 0.15) is 0 Å². The molecule has 0 aliphatic rings. The van der Waals surface area contributed by atoms with E-state index in [0.29, 0.717) is 5.52 Å². The number of hydrogen-bond acceptors (Lipinski definition) is 3. The van der Waals surface area contributed by atoms with Gasteiger partial charge in [-0.2, -0.15) is 0 Å². The topological polar surface area (TPSA) is 64.0 Å². The minimum Gasteiger partial charge on any atom is -0.307 e. The van der Waals surface area contributed by atoms with Crippen molar-refractivity contribution in [2.75, 3.05) is 5.32 Å². The number of nitrogens with zero attached hydrogens (tertiary/aromatic N) is 2. The summed E-state index contributed by atoms with van der Waals surface area (Å²) in [6, 6.07) is 3.84. The molecule has 0 bridgehead atoms. The molecule has 0 spiro atoms. The predicted octanol–water partition coefficient (Wildman–Crippen LogP) is 1.51. The number of carbonyl (C=O) groups is 1. The summed E-state index contributed by atoms with van der Waals surface area (Å²) in [5, 5.41) is 2.46. The van der Waals surface area contributed by atoms with Gasteiger partial charge in [-0.3, -0.25) is 9.59 Å². The van der Waals surface area contributed by atoms with Crippen LogP contribution < -0.4 is 10.9 Å². The predicted molar refractivity (Wildman–Crippen MR) is 70.8 cm³/mol. The first kappa shape index (κ1) is 12.3. The van der Waals surface area contributed by atoms with Crippen molar-refractivity contribution >= 4 is 22.8 Å². The van der Waals surface area contributed by atoms with Crippen LogP contribution in [0.1, 0.15) is 18.1 Å². The average molecular weight is 245 g/mol. The van der Waals surface area contributed by atoms with Crippen LogP contribution in [0, 0.1) is 13.8 Å². The summed E-state index contributed by atoms with van der Waals surface area (Å²) in [7, 11) is 1.67. The quantitative estimate of drug-likeness (QED) is 0.828. The van der Waals surface area contributed by atoms with Crippen molar-refractivity contribution < 1.29 is 4.79 Å². The minimum atomic E-state index is -0.305. The third kappa shape index (κ3) is 1.99. The molecule has 1 aromatic carbocycles. The highest BCUT2D eigenvalue weighted by Crippen LogP contribution is 2.17. The third-order valence-electron chi connectivity index (χ3n) is 2.99. The second kappa shape index (κ2) is 4.25. The number of aromatic nitrogens is 2. The number of rotatable bonds is 1. The van der Waals surface area contributed by atoms with Gasteiger partial charge in [0.2, 0.25) is 5.91 Å². The Labute approximate surface area is 104 Å². The molecular weight excluding hydrogens is 230 g/mol. The van der Waals surface area contributed by atoms with Gasteiger partial charge in [-0.05, 0) is 37.1 Å². The van der Waals surface area contributed by atoms with Crippen LogP contribution >= 0.6 is 0 Å². The van der Waals surface area contributed by atoms with Gasteiger partial charge in [-0.25, -0.2) is 4.98 Å². The summed E-state index contributed by atoms with van der Waals surface area (Å²) >= 11 is 0. The monoisotopic (exact) mass is 245 g/mol. The van der Waals surface area contributed by atoms with Crippen LogP contribution in [0.2, 0.25) is 0 Å². The Hall–Kier alpha value is -2.17. The molecule has 1 amide bonds. The van der Waals surface area contributed by atoms with Gasteiger partial charge >= 0.3 is 0 Å². The molecule has 2 rings (SSSR count). The van der Waals surface area contributed by atoms with Gasteiger partial charge in [0.25, 0.3) is 5.56 Å². The Morgan fingerprint density at radius 1 is 1.28 bits per heavy atom. The van der Waals surface area contributed by atoms with Gasteiger partial charge < -0.3 is 9.88 Å². The summed E-state index contributed by atoms with van der Waals surface area (Å²) in [5.74, 6) is -0.233. The van der Waals surface area contributed by atoms with Crippen LogP contribution in [0.25, 0.3) is 11.0 Å². The number of carbonyl (C=O) groups excluding carboxylic acids is 1. The maximum atomic E-state index is 12.0. The van der Waals surface area contributed by atoms with Gasteiger partial charge in [0.15, 0.2) is 5.82 Å². The Bertz CT molecular complexity index is 701. The van der Waals surface area contributed by atoms with Crippen LogP contribution in [0.5, 0.6) is 0 Å². The number of aryl methyl sites for hydroxylation is 3. The van der Waals surface area contributed by atoms with Gasteiger partial charge in [-0.15, -0.1) is 0 Å². The van der Waals surface area contributed by atoms with E-state index in [9.17, 15) is 9.59 Å². The lowest BCUT2D eigenvalue weighted by molar-refractivity contribution is -0.114. The summed E-state index contributed by atoms with van der Waals surface area (Å²) in [5.41, 5.74) is 3.36. The van der Waals surface area contributed by atoms with Crippen LogP contribution in [-0.4, -0.2) is 15.5 Å². The van der Waals surface area contributed by atoms with Crippen LogP contribution in [0.3, 0.4) is 0 Å². The van der Waals surface area contributed by atoms with E-state index in [4.69, 9.17) is 0 Å². The molecule has 0 radical (unpaired) electrons. The van der Waals surface area contributed by atoms with Gasteiger partial charge in [0, 0.05) is 14.0 Å². The molecule has 0 fully saturated rings. The second-order valence-electron chi connectivity index (χ2n) is 4.43. The summed E-state index contributed by atoms with van der Waals surface area (Å²) in [6.45, 7) is 5.33. The van der Waals surface area contributed by atoms with Crippen molar-refractivity contribution in [1.29, 1.82) is 0 Å². The third-order valence-corrected chi connectivity index (χ3v) is 2.99. The molecule has 5 heteroatoms. The van der Waals surface area contributed by atoms with Gasteiger partial charge in [0.05, 0.1) is 11.0 Å². The van der Waals surface area contributed by atoms with Crippen LogP contribution in [0.4, 0.5) is 5.82 Å². The number of amides is 1. The van der Waals surface area contributed by atoms with Crippen molar-refractivity contribution in [3.63, 3.8) is 0 Å². The van der Waals surface area contributed by atoms with E-state index in [-0.39, 0.29) is 17.3 Å².